The molecule has 142 valence electrons. The molecule has 1 unspecified atom stereocenters. The van der Waals surface area contributed by atoms with Crippen LogP contribution in [-0.2, 0) is 0 Å². The maximum Gasteiger partial charge on any atom is 0.143 e. The standard InChI is InChI=1S/C20H29ClN4S/c1-3-17(23-10-13-26-16-5-9-24-19(22)18(16)21)25-11-7-20(8-12-25)6-4-15(2)14-20/h3,5,9-10,15H,4,6-8,11-14H2,1-2H3,(H2,22,24)/b17-3+,23-10?. The number of nitrogen functional groups attached to an aromatic ring is 1. The Kier molecular flexibility index (Phi) is 6.51. The fourth-order valence-corrected chi connectivity index (χ4v) is 5.30. The fourth-order valence-electron chi connectivity index (χ4n) is 4.31. The first-order chi connectivity index (χ1) is 12.5. The van der Waals surface area contributed by atoms with Crippen LogP contribution in [0, 0.1) is 11.3 Å². The summed E-state index contributed by atoms with van der Waals surface area (Å²) in [5.74, 6) is 3.14. The van der Waals surface area contributed by atoms with E-state index >= 15 is 0 Å². The summed E-state index contributed by atoms with van der Waals surface area (Å²) in [5.41, 5.74) is 6.36. The molecule has 3 rings (SSSR count). The highest BCUT2D eigenvalue weighted by Gasteiger charge is 2.39. The highest BCUT2D eigenvalue weighted by atomic mass is 35.5. The van der Waals surface area contributed by atoms with Crippen LogP contribution < -0.4 is 5.73 Å². The van der Waals surface area contributed by atoms with Crippen LogP contribution in [0.2, 0.25) is 5.02 Å². The van der Waals surface area contributed by atoms with Crippen LogP contribution in [0.1, 0.15) is 46.0 Å². The molecule has 26 heavy (non-hydrogen) atoms. The summed E-state index contributed by atoms with van der Waals surface area (Å²) in [6.07, 6.45) is 12.6. The van der Waals surface area contributed by atoms with E-state index in [1.807, 2.05) is 12.3 Å². The van der Waals surface area contributed by atoms with Gasteiger partial charge in [-0.3, -0.25) is 0 Å². The van der Waals surface area contributed by atoms with Gasteiger partial charge in [0.2, 0.25) is 0 Å². The van der Waals surface area contributed by atoms with Crippen molar-refractivity contribution in [1.82, 2.24) is 9.88 Å². The van der Waals surface area contributed by atoms with Crippen molar-refractivity contribution in [1.29, 1.82) is 0 Å². The zero-order chi connectivity index (χ0) is 18.6. The first kappa shape index (κ1) is 19.6. The molecule has 1 aromatic heterocycles. The second kappa shape index (κ2) is 8.66. The van der Waals surface area contributed by atoms with E-state index in [1.165, 1.54) is 32.1 Å². The SMILES string of the molecule is C/C=C(\N=CCSc1ccnc(N)c1Cl)N1CCC2(CCC(C)C2)CC1. The molecule has 0 radical (unpaired) electrons. The average molecular weight is 393 g/mol. The Morgan fingerprint density at radius 2 is 2.23 bits per heavy atom. The normalized spacial score (nSPS) is 23.3. The van der Waals surface area contributed by atoms with Crippen LogP contribution >= 0.6 is 23.4 Å². The molecular weight excluding hydrogens is 364 g/mol. The van der Waals surface area contributed by atoms with Gasteiger partial charge in [-0.2, -0.15) is 0 Å². The Morgan fingerprint density at radius 1 is 1.46 bits per heavy atom. The molecule has 1 spiro atoms. The summed E-state index contributed by atoms with van der Waals surface area (Å²) in [7, 11) is 0. The van der Waals surface area contributed by atoms with Gasteiger partial charge in [0.05, 0.1) is 5.02 Å². The number of nitrogens with two attached hydrogens (primary N) is 1. The predicted octanol–water partition coefficient (Wildman–Crippen LogP) is 5.24. The molecule has 0 aromatic carbocycles. The first-order valence-electron chi connectivity index (χ1n) is 9.49. The molecular formula is C20H29ClN4S. The number of pyridine rings is 1. The molecule has 6 heteroatoms. The second-order valence-electron chi connectivity index (χ2n) is 7.61. The molecule has 1 saturated heterocycles. The Hall–Kier alpha value is -1.20. The van der Waals surface area contributed by atoms with E-state index in [1.54, 1.807) is 18.0 Å². The number of piperidine rings is 1. The number of rotatable bonds is 5. The minimum absolute atomic E-state index is 0.381. The summed E-state index contributed by atoms with van der Waals surface area (Å²) in [6.45, 7) is 6.73. The van der Waals surface area contributed by atoms with Crippen molar-refractivity contribution in [3.8, 4) is 0 Å². The zero-order valence-electron chi connectivity index (χ0n) is 15.7. The van der Waals surface area contributed by atoms with Crippen LogP contribution in [0.25, 0.3) is 0 Å². The van der Waals surface area contributed by atoms with E-state index in [9.17, 15) is 0 Å². The highest BCUT2D eigenvalue weighted by molar-refractivity contribution is 8.00. The predicted molar refractivity (Wildman–Crippen MR) is 113 cm³/mol. The Balaban J connectivity index is 1.50. The van der Waals surface area contributed by atoms with Crippen LogP contribution in [-0.4, -0.2) is 34.9 Å². The van der Waals surface area contributed by atoms with Crippen LogP contribution in [0.4, 0.5) is 5.82 Å². The first-order valence-corrected chi connectivity index (χ1v) is 10.9. The molecule has 2 aliphatic rings. The third kappa shape index (κ3) is 4.55. The molecule has 0 amide bonds. The van der Waals surface area contributed by atoms with E-state index in [0.717, 1.165) is 35.5 Å². The van der Waals surface area contributed by atoms with E-state index in [2.05, 4.69) is 29.8 Å². The van der Waals surface area contributed by atoms with Gasteiger partial charge in [0.1, 0.15) is 11.6 Å². The van der Waals surface area contributed by atoms with E-state index in [4.69, 9.17) is 22.3 Å². The van der Waals surface area contributed by atoms with Gasteiger partial charge < -0.3 is 10.6 Å². The lowest BCUT2D eigenvalue weighted by Gasteiger charge is -2.40. The van der Waals surface area contributed by atoms with E-state index in [0.29, 0.717) is 16.3 Å². The van der Waals surface area contributed by atoms with Crippen molar-refractivity contribution in [2.45, 2.75) is 50.8 Å². The number of anilines is 1. The van der Waals surface area contributed by atoms with Gasteiger partial charge in [0.15, 0.2) is 0 Å². The maximum absolute atomic E-state index is 6.18. The fraction of sp³-hybridized carbons (Fsp3) is 0.600. The topological polar surface area (TPSA) is 54.5 Å². The molecule has 1 atom stereocenters. The number of hydrogen-bond acceptors (Lipinski definition) is 5. The summed E-state index contributed by atoms with van der Waals surface area (Å²) < 4.78 is 0. The van der Waals surface area contributed by atoms with Gasteiger partial charge in [-0.1, -0.05) is 24.9 Å². The number of hydrogen-bond donors (Lipinski definition) is 1. The van der Waals surface area contributed by atoms with Crippen LogP contribution in [0.3, 0.4) is 0 Å². The molecule has 2 N–H and O–H groups in total. The third-order valence-corrected chi connectivity index (χ3v) is 7.25. The Morgan fingerprint density at radius 3 is 2.88 bits per heavy atom. The summed E-state index contributed by atoms with van der Waals surface area (Å²) in [4.78, 5) is 12.1. The minimum Gasteiger partial charge on any atom is -0.382 e. The van der Waals surface area contributed by atoms with Gasteiger partial charge in [0, 0.05) is 36.1 Å². The smallest absolute Gasteiger partial charge is 0.143 e. The van der Waals surface area contributed by atoms with Crippen LogP contribution in [0.5, 0.6) is 0 Å². The number of allylic oxidation sites excluding steroid dienone is 1. The lowest BCUT2D eigenvalue weighted by Crippen LogP contribution is -2.38. The summed E-state index contributed by atoms with van der Waals surface area (Å²) in [6, 6.07) is 1.89. The van der Waals surface area contributed by atoms with Gasteiger partial charge in [-0.25, -0.2) is 9.98 Å². The van der Waals surface area contributed by atoms with Gasteiger partial charge in [0.25, 0.3) is 0 Å². The lowest BCUT2D eigenvalue weighted by atomic mass is 9.76. The second-order valence-corrected chi connectivity index (χ2v) is 9.05. The number of thioether (sulfide) groups is 1. The Bertz CT molecular complexity index is 680. The van der Waals surface area contributed by atoms with E-state index < -0.39 is 0 Å². The molecule has 1 aliphatic carbocycles. The molecule has 1 aromatic rings. The number of likely N-dealkylation sites (tertiary alicyclic amines) is 1. The molecule has 2 heterocycles. The third-order valence-electron chi connectivity index (χ3n) is 5.77. The van der Waals surface area contributed by atoms with Crippen molar-refractivity contribution in [2.75, 3.05) is 24.6 Å². The van der Waals surface area contributed by atoms with Crippen molar-refractivity contribution in [3.63, 3.8) is 0 Å². The van der Waals surface area contributed by atoms with Gasteiger partial charge >= 0.3 is 0 Å². The summed E-state index contributed by atoms with van der Waals surface area (Å²) >= 11 is 7.81. The summed E-state index contributed by atoms with van der Waals surface area (Å²) in [5, 5.41) is 0.532. The number of halogens is 1. The highest BCUT2D eigenvalue weighted by Crippen LogP contribution is 2.49. The minimum atomic E-state index is 0.381. The zero-order valence-corrected chi connectivity index (χ0v) is 17.3. The largest absolute Gasteiger partial charge is 0.382 e. The van der Waals surface area contributed by atoms with Crippen molar-refractivity contribution >= 4 is 35.4 Å². The van der Waals surface area contributed by atoms with Crippen molar-refractivity contribution in [3.05, 3.63) is 29.2 Å². The molecule has 1 aliphatic heterocycles. The molecule has 4 nitrogen and oxygen atoms in total. The monoisotopic (exact) mass is 392 g/mol. The Labute approximate surface area is 166 Å². The van der Waals surface area contributed by atoms with Gasteiger partial charge in [-0.05, 0) is 56.1 Å². The lowest BCUT2D eigenvalue weighted by molar-refractivity contribution is 0.128. The number of aromatic nitrogens is 1. The molecule has 0 bridgehead atoms. The average Bonchev–Trinajstić information content (AvgIpc) is 3.00. The number of nitrogens with zero attached hydrogens (tertiary/aromatic N) is 3. The maximum atomic E-state index is 6.18. The van der Waals surface area contributed by atoms with Gasteiger partial charge in [-0.15, -0.1) is 11.8 Å². The van der Waals surface area contributed by atoms with Crippen LogP contribution in [0.15, 0.2) is 34.0 Å². The van der Waals surface area contributed by atoms with Crippen molar-refractivity contribution < 1.29 is 0 Å². The quantitative estimate of drug-likeness (QED) is 0.549. The molecule has 1 saturated carbocycles. The number of aliphatic imine (C=N–C) groups is 1. The van der Waals surface area contributed by atoms with Crippen molar-refractivity contribution in [2.24, 2.45) is 16.3 Å². The molecule has 2 fully saturated rings. The van der Waals surface area contributed by atoms with E-state index in [-0.39, 0.29) is 0 Å².